The Kier molecular flexibility index (Phi) is 6.87. The third kappa shape index (κ3) is 4.53. The van der Waals surface area contributed by atoms with Crippen LogP contribution in [0.15, 0.2) is 176 Å². The molecule has 0 aliphatic carbocycles. The monoisotopic (exact) mass is 665 g/mol. The quantitative estimate of drug-likeness (QED) is 0.174. The van der Waals surface area contributed by atoms with E-state index in [1.165, 1.54) is 60.1 Å². The molecule has 0 aliphatic rings. The fourth-order valence-corrected chi connectivity index (χ4v) is 8.16. The molecular formula is C49H35N3. The highest BCUT2D eigenvalue weighted by atomic mass is 15.1. The zero-order chi connectivity index (χ0) is 34.8. The van der Waals surface area contributed by atoms with Crippen molar-refractivity contribution in [2.24, 2.45) is 0 Å². The minimum absolute atomic E-state index is 1.03. The maximum atomic E-state index is 4.53. The van der Waals surface area contributed by atoms with E-state index in [9.17, 15) is 0 Å². The van der Waals surface area contributed by atoms with Crippen LogP contribution in [0, 0.1) is 0 Å². The second-order valence-electron chi connectivity index (χ2n) is 13.5. The van der Waals surface area contributed by atoms with E-state index in [0.717, 1.165) is 33.1 Å². The summed E-state index contributed by atoms with van der Waals surface area (Å²) in [7, 11) is 0. The van der Waals surface area contributed by atoms with Gasteiger partial charge in [0.25, 0.3) is 0 Å². The summed E-state index contributed by atoms with van der Waals surface area (Å²) in [4.78, 5) is 0. The van der Waals surface area contributed by atoms with Crippen molar-refractivity contribution in [2.45, 2.75) is 6.92 Å². The molecule has 10 rings (SSSR count). The number of rotatable bonds is 5. The van der Waals surface area contributed by atoms with Crippen LogP contribution >= 0.6 is 0 Å². The zero-order valence-corrected chi connectivity index (χ0v) is 28.9. The summed E-state index contributed by atoms with van der Waals surface area (Å²) in [5.74, 6) is 0. The number of aromatic nitrogens is 3. The van der Waals surface area contributed by atoms with Crippen molar-refractivity contribution in [1.29, 1.82) is 0 Å². The molecule has 10 aromatic rings. The molecule has 0 spiro atoms. The van der Waals surface area contributed by atoms with Gasteiger partial charge in [-0.25, -0.2) is 0 Å². The molecule has 0 bridgehead atoms. The first-order chi connectivity index (χ1) is 25.7. The Hall–Kier alpha value is -6.84. The van der Waals surface area contributed by atoms with Gasteiger partial charge in [0.2, 0.25) is 0 Å². The Morgan fingerprint density at radius 2 is 0.981 bits per heavy atom. The molecule has 52 heavy (non-hydrogen) atoms. The molecule has 0 radical (unpaired) electrons. The Balaban J connectivity index is 1.18. The van der Waals surface area contributed by atoms with E-state index in [4.69, 9.17) is 0 Å². The third-order valence-corrected chi connectivity index (χ3v) is 10.6. The summed E-state index contributed by atoms with van der Waals surface area (Å²) >= 11 is 0. The SMILES string of the molecule is C=c1/c(=C\C=C(/C)c2ccc3c(c2)c2ccccc2n3-c2cccc3c4ccccc4n(-c4ccccc4)c23)n(-c2ccccc2)c2ccccc12. The molecule has 0 N–H and O–H groups in total. The minimum Gasteiger partial charge on any atom is -0.309 e. The minimum atomic E-state index is 1.03. The van der Waals surface area contributed by atoms with Crippen molar-refractivity contribution in [3.05, 3.63) is 192 Å². The van der Waals surface area contributed by atoms with Crippen molar-refractivity contribution < 1.29 is 0 Å². The Morgan fingerprint density at radius 3 is 1.67 bits per heavy atom. The Morgan fingerprint density at radius 1 is 0.462 bits per heavy atom. The lowest BCUT2D eigenvalue weighted by Gasteiger charge is -2.14. The molecule has 0 atom stereocenters. The number of allylic oxidation sites excluding steroid dienone is 2. The van der Waals surface area contributed by atoms with Crippen LogP contribution < -0.4 is 10.6 Å². The van der Waals surface area contributed by atoms with E-state index in [1.54, 1.807) is 0 Å². The van der Waals surface area contributed by atoms with Crippen molar-refractivity contribution in [3.8, 4) is 17.1 Å². The van der Waals surface area contributed by atoms with E-state index in [0.29, 0.717) is 0 Å². The lowest BCUT2D eigenvalue weighted by Crippen LogP contribution is -2.26. The number of nitrogens with zero attached hydrogens (tertiary/aromatic N) is 3. The number of para-hydroxylation sites is 6. The topological polar surface area (TPSA) is 14.8 Å². The molecule has 7 aromatic carbocycles. The smallest absolute Gasteiger partial charge is 0.0782 e. The predicted molar refractivity (Wildman–Crippen MR) is 221 cm³/mol. The van der Waals surface area contributed by atoms with Crippen LogP contribution in [0.2, 0.25) is 0 Å². The predicted octanol–water partition coefficient (Wildman–Crippen LogP) is 11.1. The number of fused-ring (bicyclic) bond motifs is 7. The summed E-state index contributed by atoms with van der Waals surface area (Å²) in [6.07, 6.45) is 4.46. The highest BCUT2D eigenvalue weighted by Gasteiger charge is 2.20. The van der Waals surface area contributed by atoms with Gasteiger partial charge in [-0.3, -0.25) is 0 Å². The van der Waals surface area contributed by atoms with E-state index < -0.39 is 0 Å². The molecule has 0 aliphatic heterocycles. The van der Waals surface area contributed by atoms with Crippen LogP contribution in [0.1, 0.15) is 12.5 Å². The van der Waals surface area contributed by atoms with Crippen molar-refractivity contribution in [3.63, 3.8) is 0 Å². The lowest BCUT2D eigenvalue weighted by atomic mass is 10.0. The molecule has 3 aromatic heterocycles. The first kappa shape index (κ1) is 30.0. The normalized spacial score (nSPS) is 12.6. The average molecular weight is 666 g/mol. The van der Waals surface area contributed by atoms with Crippen LogP contribution in [0.25, 0.3) is 89.8 Å². The number of hydrogen-bond acceptors (Lipinski definition) is 0. The number of benzene rings is 7. The van der Waals surface area contributed by atoms with Crippen LogP contribution in [0.4, 0.5) is 0 Å². The average Bonchev–Trinajstić information content (AvgIpc) is 3.82. The van der Waals surface area contributed by atoms with Crippen molar-refractivity contribution in [2.75, 3.05) is 0 Å². The summed E-state index contributed by atoms with van der Waals surface area (Å²) in [5, 5.41) is 8.25. The summed E-state index contributed by atoms with van der Waals surface area (Å²) in [6, 6.07) is 61.0. The summed E-state index contributed by atoms with van der Waals surface area (Å²) in [5.41, 5.74) is 11.8. The Labute approximate surface area is 301 Å². The first-order valence-electron chi connectivity index (χ1n) is 17.8. The highest BCUT2D eigenvalue weighted by Crippen LogP contribution is 2.40. The molecule has 0 unspecified atom stereocenters. The molecule has 0 saturated heterocycles. The maximum Gasteiger partial charge on any atom is 0.0782 e. The fraction of sp³-hybridized carbons (Fsp3) is 0.0204. The molecule has 3 nitrogen and oxygen atoms in total. The molecule has 3 heteroatoms. The summed E-state index contributed by atoms with van der Waals surface area (Å²) in [6.45, 7) is 6.73. The largest absolute Gasteiger partial charge is 0.309 e. The molecule has 0 amide bonds. The van der Waals surface area contributed by atoms with E-state index in [2.05, 4.69) is 209 Å². The second-order valence-corrected chi connectivity index (χ2v) is 13.5. The van der Waals surface area contributed by atoms with E-state index in [1.807, 2.05) is 0 Å². The van der Waals surface area contributed by atoms with Crippen LogP contribution in [-0.2, 0) is 0 Å². The van der Waals surface area contributed by atoms with Crippen LogP contribution in [0.5, 0.6) is 0 Å². The van der Waals surface area contributed by atoms with Crippen LogP contribution in [-0.4, -0.2) is 13.7 Å². The molecule has 0 saturated carbocycles. The molecule has 246 valence electrons. The van der Waals surface area contributed by atoms with Gasteiger partial charge in [-0.1, -0.05) is 122 Å². The van der Waals surface area contributed by atoms with Gasteiger partial charge in [-0.05, 0) is 84.8 Å². The van der Waals surface area contributed by atoms with Gasteiger partial charge in [-0.15, -0.1) is 0 Å². The first-order valence-corrected chi connectivity index (χ1v) is 17.8. The summed E-state index contributed by atoms with van der Waals surface area (Å²) < 4.78 is 7.18. The van der Waals surface area contributed by atoms with E-state index in [-0.39, 0.29) is 0 Å². The van der Waals surface area contributed by atoms with Gasteiger partial charge in [0.15, 0.2) is 0 Å². The second kappa shape index (κ2) is 11.9. The van der Waals surface area contributed by atoms with Gasteiger partial charge in [-0.2, -0.15) is 0 Å². The van der Waals surface area contributed by atoms with Gasteiger partial charge >= 0.3 is 0 Å². The van der Waals surface area contributed by atoms with Crippen molar-refractivity contribution >= 4 is 72.7 Å². The van der Waals surface area contributed by atoms with Gasteiger partial charge in [0, 0.05) is 43.5 Å². The Bertz CT molecular complexity index is 3140. The van der Waals surface area contributed by atoms with Gasteiger partial charge in [0.05, 0.1) is 38.6 Å². The fourth-order valence-electron chi connectivity index (χ4n) is 8.16. The van der Waals surface area contributed by atoms with Gasteiger partial charge in [0.1, 0.15) is 0 Å². The zero-order valence-electron chi connectivity index (χ0n) is 28.9. The highest BCUT2D eigenvalue weighted by molar-refractivity contribution is 6.15. The van der Waals surface area contributed by atoms with Crippen molar-refractivity contribution in [1.82, 2.24) is 13.7 Å². The molecule has 0 fully saturated rings. The van der Waals surface area contributed by atoms with Crippen LogP contribution in [0.3, 0.4) is 0 Å². The van der Waals surface area contributed by atoms with E-state index >= 15 is 0 Å². The lowest BCUT2D eigenvalue weighted by molar-refractivity contribution is 1.07. The third-order valence-electron chi connectivity index (χ3n) is 10.6. The molecular weight excluding hydrogens is 631 g/mol. The number of hydrogen-bond donors (Lipinski definition) is 0. The standard InChI is InChI=1S/C49H35N3/c1-33(28-30-43-34(2)38-20-9-12-24-44(38)50(43)36-16-5-3-6-17-36)35-29-31-47-42(32-35)40-22-11-14-26-46(40)52(47)48-27-15-23-41-39-21-10-13-25-45(39)51(49(41)48)37-18-7-4-8-19-37/h3-32H,2H2,1H3/b33-28+,43-30+. The molecule has 3 heterocycles. The van der Waals surface area contributed by atoms with Gasteiger partial charge < -0.3 is 13.7 Å². The maximum absolute atomic E-state index is 4.53.